The van der Waals surface area contributed by atoms with Gasteiger partial charge in [0.1, 0.15) is 6.04 Å². The lowest BCUT2D eigenvalue weighted by Gasteiger charge is -2.24. The zero-order chi connectivity index (χ0) is 10.4. The van der Waals surface area contributed by atoms with Gasteiger partial charge in [-0.3, -0.25) is 4.79 Å². The summed E-state index contributed by atoms with van der Waals surface area (Å²) in [6.45, 7) is 0.488. The van der Waals surface area contributed by atoms with Crippen LogP contribution in [0, 0.1) is 18.3 Å². The van der Waals surface area contributed by atoms with Gasteiger partial charge in [0.25, 0.3) is 0 Å². The van der Waals surface area contributed by atoms with Crippen LogP contribution in [-0.4, -0.2) is 18.6 Å². The van der Waals surface area contributed by atoms with Crippen LogP contribution in [0.15, 0.2) is 0 Å². The predicted octanol–water partition coefficient (Wildman–Crippen LogP) is 1.07. The Balaban J connectivity index is 2.05. The van der Waals surface area contributed by atoms with E-state index in [-0.39, 0.29) is 12.4 Å². The Morgan fingerprint density at radius 2 is 2.36 bits per heavy atom. The third kappa shape index (κ3) is 3.39. The van der Waals surface area contributed by atoms with Crippen LogP contribution in [-0.2, 0) is 9.53 Å². The average molecular weight is 195 g/mol. The molecule has 1 aliphatic carbocycles. The van der Waals surface area contributed by atoms with Crippen LogP contribution < -0.4 is 5.73 Å². The monoisotopic (exact) mass is 195 g/mol. The molecule has 14 heavy (non-hydrogen) atoms. The maximum Gasteiger partial charge on any atom is 0.323 e. The topological polar surface area (TPSA) is 52.3 Å². The molecule has 0 saturated heterocycles. The van der Waals surface area contributed by atoms with Crippen molar-refractivity contribution in [1.29, 1.82) is 0 Å². The highest BCUT2D eigenvalue weighted by Crippen LogP contribution is 2.29. The molecule has 1 atom stereocenters. The third-order valence-corrected chi connectivity index (χ3v) is 2.64. The molecule has 3 nitrogen and oxygen atoms in total. The molecule has 1 rings (SSSR count). The lowest BCUT2D eigenvalue weighted by molar-refractivity contribution is -0.145. The fraction of sp³-hybridized carbons (Fsp3) is 0.727. The van der Waals surface area contributed by atoms with E-state index in [4.69, 9.17) is 16.9 Å². The molecule has 0 radical (unpaired) electrons. The van der Waals surface area contributed by atoms with Crippen LogP contribution in [0.25, 0.3) is 0 Å². The summed E-state index contributed by atoms with van der Waals surface area (Å²) in [6, 6.07) is -0.651. The van der Waals surface area contributed by atoms with E-state index < -0.39 is 6.04 Å². The number of ether oxygens (including phenoxy) is 1. The number of hydrogen-bond donors (Lipinski definition) is 1. The molecule has 78 valence electrons. The molecule has 0 aromatic rings. The molecule has 1 saturated carbocycles. The van der Waals surface area contributed by atoms with E-state index in [2.05, 4.69) is 5.92 Å². The highest BCUT2D eigenvalue weighted by atomic mass is 16.5. The van der Waals surface area contributed by atoms with Crippen LogP contribution in [0.1, 0.15) is 32.1 Å². The van der Waals surface area contributed by atoms with Crippen LogP contribution in [0.3, 0.4) is 0 Å². The first-order valence-electron chi connectivity index (χ1n) is 5.09. The van der Waals surface area contributed by atoms with E-state index in [9.17, 15) is 4.79 Å². The Bertz CT molecular complexity index is 228. The summed E-state index contributed by atoms with van der Waals surface area (Å²) in [5.41, 5.74) is 5.47. The van der Waals surface area contributed by atoms with Crippen LogP contribution in [0.4, 0.5) is 0 Å². The zero-order valence-corrected chi connectivity index (χ0v) is 8.37. The van der Waals surface area contributed by atoms with Crippen molar-refractivity contribution in [3.8, 4) is 12.3 Å². The largest absolute Gasteiger partial charge is 0.464 e. The molecule has 1 unspecified atom stereocenters. The highest BCUT2D eigenvalue weighted by molar-refractivity contribution is 5.75. The average Bonchev–Trinajstić information content (AvgIpc) is 2.09. The normalized spacial score (nSPS) is 18.0. The summed E-state index contributed by atoms with van der Waals surface area (Å²) in [5, 5.41) is 0. The van der Waals surface area contributed by atoms with E-state index in [1.165, 1.54) is 19.3 Å². The molecule has 0 spiro atoms. The van der Waals surface area contributed by atoms with E-state index in [0.717, 1.165) is 12.3 Å². The number of rotatable bonds is 5. The summed E-state index contributed by atoms with van der Waals surface area (Å²) < 4.78 is 5.00. The van der Waals surface area contributed by atoms with Crippen LogP contribution in [0.5, 0.6) is 0 Å². The van der Waals surface area contributed by atoms with Crippen molar-refractivity contribution in [2.24, 2.45) is 11.7 Å². The van der Waals surface area contributed by atoms with Gasteiger partial charge in [-0.05, 0) is 12.3 Å². The van der Waals surface area contributed by atoms with Gasteiger partial charge in [-0.2, -0.15) is 0 Å². The summed E-state index contributed by atoms with van der Waals surface area (Å²) in [5.74, 6) is 2.73. The number of carbonyl (C=O) groups excluding carboxylic acids is 1. The fourth-order valence-corrected chi connectivity index (χ4v) is 1.42. The van der Waals surface area contributed by atoms with Gasteiger partial charge in [0.15, 0.2) is 0 Å². The molecule has 0 amide bonds. The predicted molar refractivity (Wildman–Crippen MR) is 54.3 cm³/mol. The van der Waals surface area contributed by atoms with Gasteiger partial charge in [-0.25, -0.2) is 0 Å². The van der Waals surface area contributed by atoms with Gasteiger partial charge in [-0.1, -0.05) is 19.3 Å². The molecule has 0 bridgehead atoms. The fourth-order valence-electron chi connectivity index (χ4n) is 1.42. The number of terminal acetylenes is 1. The smallest absolute Gasteiger partial charge is 0.323 e. The molecule has 0 aromatic heterocycles. The van der Waals surface area contributed by atoms with Crippen molar-refractivity contribution < 1.29 is 9.53 Å². The van der Waals surface area contributed by atoms with Gasteiger partial charge in [0, 0.05) is 6.42 Å². The summed E-state index contributed by atoms with van der Waals surface area (Å²) >= 11 is 0. The Kier molecular flexibility index (Phi) is 4.48. The van der Waals surface area contributed by atoms with Crippen molar-refractivity contribution >= 4 is 5.97 Å². The molecule has 0 aliphatic heterocycles. The van der Waals surface area contributed by atoms with Gasteiger partial charge in [-0.15, -0.1) is 12.3 Å². The zero-order valence-electron chi connectivity index (χ0n) is 8.37. The molecule has 2 N–H and O–H groups in total. The maximum atomic E-state index is 11.2. The second kappa shape index (κ2) is 5.66. The van der Waals surface area contributed by atoms with Crippen LogP contribution >= 0.6 is 0 Å². The van der Waals surface area contributed by atoms with E-state index in [1.807, 2.05) is 0 Å². The highest BCUT2D eigenvalue weighted by Gasteiger charge is 2.18. The second-order valence-corrected chi connectivity index (χ2v) is 3.77. The molecule has 3 heteroatoms. The maximum absolute atomic E-state index is 11.2. The van der Waals surface area contributed by atoms with Crippen molar-refractivity contribution in [2.45, 2.75) is 38.1 Å². The summed E-state index contributed by atoms with van der Waals surface area (Å²) in [7, 11) is 0. The number of esters is 1. The first-order valence-corrected chi connectivity index (χ1v) is 5.09. The van der Waals surface area contributed by atoms with Crippen molar-refractivity contribution in [1.82, 2.24) is 0 Å². The quantitative estimate of drug-likeness (QED) is 0.527. The molecular weight excluding hydrogens is 178 g/mol. The Hall–Kier alpha value is -1.01. The van der Waals surface area contributed by atoms with Crippen molar-refractivity contribution in [3.63, 3.8) is 0 Å². The van der Waals surface area contributed by atoms with Gasteiger partial charge in [0.2, 0.25) is 0 Å². The lowest BCUT2D eigenvalue weighted by Crippen LogP contribution is -2.32. The lowest BCUT2D eigenvalue weighted by atomic mass is 9.83. The van der Waals surface area contributed by atoms with Gasteiger partial charge >= 0.3 is 5.97 Å². The third-order valence-electron chi connectivity index (χ3n) is 2.64. The minimum absolute atomic E-state index is 0.252. The number of hydrogen-bond acceptors (Lipinski definition) is 3. The molecule has 0 heterocycles. The minimum Gasteiger partial charge on any atom is -0.464 e. The molecule has 0 aromatic carbocycles. The Labute approximate surface area is 85.0 Å². The Morgan fingerprint density at radius 3 is 2.86 bits per heavy atom. The van der Waals surface area contributed by atoms with Crippen molar-refractivity contribution in [3.05, 3.63) is 0 Å². The number of nitrogens with two attached hydrogens (primary N) is 1. The Morgan fingerprint density at radius 1 is 1.64 bits per heavy atom. The summed E-state index contributed by atoms with van der Waals surface area (Å²) in [6.07, 6.45) is 10.1. The first-order chi connectivity index (χ1) is 6.74. The van der Waals surface area contributed by atoms with Crippen LogP contribution in [0.2, 0.25) is 0 Å². The molecular formula is C11H17NO2. The van der Waals surface area contributed by atoms with E-state index in [1.54, 1.807) is 0 Å². The molecule has 1 aliphatic rings. The molecule has 1 fully saturated rings. The van der Waals surface area contributed by atoms with E-state index >= 15 is 0 Å². The standard InChI is InChI=1S/C11H17NO2/c1-2-4-10(12)11(13)14-8-7-9-5-3-6-9/h1,9-10H,3-8,12H2. The van der Waals surface area contributed by atoms with Gasteiger partial charge in [0.05, 0.1) is 6.61 Å². The minimum atomic E-state index is -0.651. The van der Waals surface area contributed by atoms with Gasteiger partial charge < -0.3 is 10.5 Å². The SMILES string of the molecule is C#CCC(N)C(=O)OCCC1CCC1. The number of carbonyl (C=O) groups is 1. The first kappa shape index (κ1) is 11.1. The van der Waals surface area contributed by atoms with E-state index in [0.29, 0.717) is 6.61 Å². The summed E-state index contributed by atoms with van der Waals surface area (Å²) in [4.78, 5) is 11.2. The second-order valence-electron chi connectivity index (χ2n) is 3.77. The van der Waals surface area contributed by atoms with Crippen molar-refractivity contribution in [2.75, 3.05) is 6.61 Å².